The van der Waals surface area contributed by atoms with Gasteiger partial charge in [-0.1, -0.05) is 6.07 Å². The second-order valence-corrected chi connectivity index (χ2v) is 3.99. The molecule has 0 saturated carbocycles. The van der Waals surface area contributed by atoms with E-state index in [0.717, 1.165) is 5.56 Å². The molecule has 19 heavy (non-hydrogen) atoms. The molecule has 1 heterocycles. The lowest BCUT2D eigenvalue weighted by atomic mass is 10.1. The van der Waals surface area contributed by atoms with Crippen molar-refractivity contribution in [1.82, 2.24) is 0 Å². The van der Waals surface area contributed by atoms with Crippen molar-refractivity contribution >= 4 is 17.6 Å². The number of methoxy groups -OCH3 is 1. The van der Waals surface area contributed by atoms with Crippen LogP contribution in [0.15, 0.2) is 41.2 Å². The minimum Gasteiger partial charge on any atom is -0.472 e. The molecular formula is C14H13NO4. The number of anilines is 1. The first kappa shape index (κ1) is 12.9. The number of nitrogens with one attached hydrogen (secondary N) is 1. The maximum Gasteiger partial charge on any atom is 0.337 e. The molecule has 0 saturated heterocycles. The van der Waals surface area contributed by atoms with Gasteiger partial charge < -0.3 is 14.5 Å². The van der Waals surface area contributed by atoms with Gasteiger partial charge in [-0.15, -0.1) is 0 Å². The Hall–Kier alpha value is -2.56. The molecule has 1 N–H and O–H groups in total. The first-order valence-electron chi connectivity index (χ1n) is 5.64. The minimum atomic E-state index is -0.446. The molecule has 0 bridgehead atoms. The maximum absolute atomic E-state index is 11.9. The molecule has 0 atom stereocenters. The molecule has 2 aromatic rings. The molecule has 98 valence electrons. The Labute approximate surface area is 110 Å². The quantitative estimate of drug-likeness (QED) is 0.860. The molecule has 0 unspecified atom stereocenters. The number of rotatable bonds is 3. The van der Waals surface area contributed by atoms with E-state index in [1.165, 1.54) is 19.6 Å². The van der Waals surface area contributed by atoms with E-state index in [2.05, 4.69) is 10.1 Å². The summed E-state index contributed by atoms with van der Waals surface area (Å²) >= 11 is 0. The Balaban J connectivity index is 2.24. The lowest BCUT2D eigenvalue weighted by Crippen LogP contribution is -2.12. The number of benzene rings is 1. The number of ether oxygens (including phenoxy) is 1. The van der Waals surface area contributed by atoms with Gasteiger partial charge in [-0.25, -0.2) is 4.79 Å². The zero-order valence-electron chi connectivity index (χ0n) is 10.6. The van der Waals surface area contributed by atoms with Crippen LogP contribution in [0.2, 0.25) is 0 Å². The minimum absolute atomic E-state index is 0.293. The number of esters is 1. The van der Waals surface area contributed by atoms with Crippen LogP contribution in [0, 0.1) is 6.92 Å². The van der Waals surface area contributed by atoms with Crippen LogP contribution in [0.25, 0.3) is 0 Å². The molecule has 1 aromatic heterocycles. The Morgan fingerprint density at radius 1 is 1.21 bits per heavy atom. The van der Waals surface area contributed by atoms with Crippen LogP contribution < -0.4 is 5.32 Å². The normalized spacial score (nSPS) is 10.0. The van der Waals surface area contributed by atoms with Gasteiger partial charge in [0, 0.05) is 5.69 Å². The summed E-state index contributed by atoms with van der Waals surface area (Å²) in [4.78, 5) is 23.3. The van der Waals surface area contributed by atoms with Crippen molar-refractivity contribution in [3.63, 3.8) is 0 Å². The Bertz CT molecular complexity index is 602. The Morgan fingerprint density at radius 2 is 2.00 bits per heavy atom. The molecule has 0 spiro atoms. The molecule has 1 aromatic carbocycles. The van der Waals surface area contributed by atoms with Crippen LogP contribution in [0.3, 0.4) is 0 Å². The van der Waals surface area contributed by atoms with Crippen molar-refractivity contribution in [2.24, 2.45) is 0 Å². The fourth-order valence-electron chi connectivity index (χ4n) is 1.59. The number of furan rings is 1. The number of carbonyl (C=O) groups is 2. The average molecular weight is 259 g/mol. The highest BCUT2D eigenvalue weighted by Gasteiger charge is 2.12. The van der Waals surface area contributed by atoms with Crippen LogP contribution in [0.5, 0.6) is 0 Å². The summed E-state index contributed by atoms with van der Waals surface area (Å²) in [5.41, 5.74) is 2.22. The molecule has 5 heteroatoms. The summed E-state index contributed by atoms with van der Waals surface area (Å²) in [7, 11) is 1.31. The van der Waals surface area contributed by atoms with Gasteiger partial charge in [-0.2, -0.15) is 0 Å². The third kappa shape index (κ3) is 2.82. The van der Waals surface area contributed by atoms with Crippen molar-refractivity contribution in [1.29, 1.82) is 0 Å². The number of carbonyl (C=O) groups excluding carboxylic acids is 2. The summed E-state index contributed by atoms with van der Waals surface area (Å²) in [5, 5.41) is 2.73. The Morgan fingerprint density at radius 3 is 2.63 bits per heavy atom. The standard InChI is InChI=1S/C14H13NO4/c1-9-3-4-10(14(17)18-2)7-12(9)15-13(16)11-5-6-19-8-11/h3-8H,1-2H3,(H,15,16). The summed E-state index contributed by atoms with van der Waals surface area (Å²) in [6, 6.07) is 6.54. The molecule has 0 aliphatic heterocycles. The predicted molar refractivity (Wildman–Crippen MR) is 69.2 cm³/mol. The van der Waals surface area contributed by atoms with Gasteiger partial charge in [0.25, 0.3) is 5.91 Å². The summed E-state index contributed by atoms with van der Waals surface area (Å²) in [5.74, 6) is -0.738. The second-order valence-electron chi connectivity index (χ2n) is 3.99. The van der Waals surface area contributed by atoms with Crippen LogP contribution in [0.4, 0.5) is 5.69 Å². The van der Waals surface area contributed by atoms with E-state index in [-0.39, 0.29) is 5.91 Å². The molecular weight excluding hydrogens is 246 g/mol. The van der Waals surface area contributed by atoms with Crippen LogP contribution >= 0.6 is 0 Å². The molecule has 0 fully saturated rings. The Kier molecular flexibility index (Phi) is 3.66. The van der Waals surface area contributed by atoms with Crippen molar-refractivity contribution < 1.29 is 18.7 Å². The van der Waals surface area contributed by atoms with E-state index in [1.807, 2.05) is 6.92 Å². The highest BCUT2D eigenvalue weighted by atomic mass is 16.5. The van der Waals surface area contributed by atoms with E-state index in [0.29, 0.717) is 16.8 Å². The average Bonchev–Trinajstić information content (AvgIpc) is 2.94. The molecule has 0 aliphatic rings. The van der Waals surface area contributed by atoms with Crippen molar-refractivity contribution in [2.45, 2.75) is 6.92 Å². The third-order valence-corrected chi connectivity index (χ3v) is 2.69. The van der Waals surface area contributed by atoms with Gasteiger partial charge in [0.1, 0.15) is 6.26 Å². The highest BCUT2D eigenvalue weighted by molar-refractivity contribution is 6.05. The van der Waals surface area contributed by atoms with E-state index in [1.54, 1.807) is 24.3 Å². The third-order valence-electron chi connectivity index (χ3n) is 2.69. The SMILES string of the molecule is COC(=O)c1ccc(C)c(NC(=O)c2ccoc2)c1. The largest absolute Gasteiger partial charge is 0.472 e. The van der Waals surface area contributed by atoms with Gasteiger partial charge in [0.2, 0.25) is 0 Å². The van der Waals surface area contributed by atoms with Gasteiger partial charge >= 0.3 is 5.97 Å². The van der Waals surface area contributed by atoms with Crippen molar-refractivity contribution in [2.75, 3.05) is 12.4 Å². The first-order chi connectivity index (χ1) is 9.11. The fourth-order valence-corrected chi connectivity index (χ4v) is 1.59. The van der Waals surface area contributed by atoms with Gasteiger partial charge in [0.15, 0.2) is 0 Å². The summed E-state index contributed by atoms with van der Waals surface area (Å²) in [6.07, 6.45) is 2.78. The van der Waals surface area contributed by atoms with E-state index < -0.39 is 5.97 Å². The summed E-state index contributed by atoms with van der Waals surface area (Å²) in [6.45, 7) is 1.84. The number of hydrogen-bond acceptors (Lipinski definition) is 4. The molecule has 0 radical (unpaired) electrons. The lowest BCUT2D eigenvalue weighted by Gasteiger charge is -2.09. The molecule has 1 amide bonds. The van der Waals surface area contributed by atoms with Gasteiger partial charge in [-0.3, -0.25) is 4.79 Å². The van der Waals surface area contributed by atoms with Gasteiger partial charge in [-0.05, 0) is 30.7 Å². The number of hydrogen-bond donors (Lipinski definition) is 1. The highest BCUT2D eigenvalue weighted by Crippen LogP contribution is 2.18. The molecule has 2 rings (SSSR count). The number of aryl methyl sites for hydroxylation is 1. The predicted octanol–water partition coefficient (Wildman–Crippen LogP) is 2.63. The van der Waals surface area contributed by atoms with Gasteiger partial charge in [0.05, 0.1) is 24.5 Å². The monoisotopic (exact) mass is 259 g/mol. The second kappa shape index (κ2) is 5.39. The number of amides is 1. The summed E-state index contributed by atoms with van der Waals surface area (Å²) < 4.78 is 9.49. The van der Waals surface area contributed by atoms with E-state index in [9.17, 15) is 9.59 Å². The lowest BCUT2D eigenvalue weighted by molar-refractivity contribution is 0.0600. The molecule has 0 aliphatic carbocycles. The van der Waals surface area contributed by atoms with E-state index in [4.69, 9.17) is 4.42 Å². The maximum atomic E-state index is 11.9. The van der Waals surface area contributed by atoms with Crippen molar-refractivity contribution in [3.05, 3.63) is 53.5 Å². The smallest absolute Gasteiger partial charge is 0.337 e. The van der Waals surface area contributed by atoms with Crippen LogP contribution in [0.1, 0.15) is 26.3 Å². The zero-order chi connectivity index (χ0) is 13.8. The van der Waals surface area contributed by atoms with Crippen LogP contribution in [-0.2, 0) is 4.74 Å². The first-order valence-corrected chi connectivity index (χ1v) is 5.64. The zero-order valence-corrected chi connectivity index (χ0v) is 10.6. The van der Waals surface area contributed by atoms with Crippen molar-refractivity contribution in [3.8, 4) is 0 Å². The molecule has 5 nitrogen and oxygen atoms in total. The topological polar surface area (TPSA) is 68.5 Å². The van der Waals surface area contributed by atoms with E-state index >= 15 is 0 Å². The van der Waals surface area contributed by atoms with Crippen LogP contribution in [-0.4, -0.2) is 19.0 Å². The fraction of sp³-hybridized carbons (Fsp3) is 0.143.